The molecule has 1 unspecified atom stereocenters. The lowest BCUT2D eigenvalue weighted by molar-refractivity contribution is -0.127. The Kier molecular flexibility index (Phi) is 8.53. The summed E-state index contributed by atoms with van der Waals surface area (Å²) in [6.07, 6.45) is 6.48. The molecule has 0 radical (unpaired) electrons. The Morgan fingerprint density at radius 3 is 2.72 bits per heavy atom. The molecule has 1 heterocycles. The zero-order valence-electron chi connectivity index (χ0n) is 17.9. The summed E-state index contributed by atoms with van der Waals surface area (Å²) < 4.78 is 31.9. The lowest BCUT2D eigenvalue weighted by atomic mass is 9.80. The molecule has 1 aromatic carbocycles. The first-order valence-electron chi connectivity index (χ1n) is 10.6. The highest BCUT2D eigenvalue weighted by molar-refractivity contribution is 7.99. The second-order valence-corrected chi connectivity index (χ2v) is 11.2. The molecular formula is C23H27N3O4S2. The zero-order chi connectivity index (χ0) is 23.0. The molecule has 0 saturated heterocycles. The second-order valence-electron chi connectivity index (χ2n) is 7.77. The van der Waals surface area contributed by atoms with Crippen LogP contribution in [0.3, 0.4) is 0 Å². The predicted octanol–water partition coefficient (Wildman–Crippen LogP) is 3.82. The molecule has 7 nitrogen and oxygen atoms in total. The van der Waals surface area contributed by atoms with Crippen molar-refractivity contribution in [2.45, 2.75) is 47.8 Å². The molecule has 32 heavy (non-hydrogen) atoms. The highest BCUT2D eigenvalue weighted by Crippen LogP contribution is 2.33. The minimum atomic E-state index is -3.53. The Bertz CT molecular complexity index is 1040. The van der Waals surface area contributed by atoms with Crippen molar-refractivity contribution in [1.29, 1.82) is 5.26 Å². The summed E-state index contributed by atoms with van der Waals surface area (Å²) in [7, 11) is -3.53. The number of pyridine rings is 1. The first kappa shape index (κ1) is 24.1. The number of hydrogen-bond donors (Lipinski definition) is 1. The van der Waals surface area contributed by atoms with Gasteiger partial charge in [-0.15, -0.1) is 0 Å². The number of amides is 1. The normalized spacial score (nSPS) is 19.5. The lowest BCUT2D eigenvalue weighted by Crippen LogP contribution is -2.39. The highest BCUT2D eigenvalue weighted by atomic mass is 32.2. The molecule has 0 spiro atoms. The van der Waals surface area contributed by atoms with E-state index in [2.05, 4.69) is 10.3 Å². The third kappa shape index (κ3) is 6.71. The van der Waals surface area contributed by atoms with Gasteiger partial charge < -0.3 is 10.1 Å². The molecule has 1 aromatic heterocycles. The molecule has 1 aliphatic carbocycles. The van der Waals surface area contributed by atoms with E-state index >= 15 is 0 Å². The maximum Gasteiger partial charge on any atom is 0.224 e. The van der Waals surface area contributed by atoms with Gasteiger partial charge in [0.05, 0.1) is 22.9 Å². The molecule has 3 atom stereocenters. The van der Waals surface area contributed by atoms with Crippen molar-refractivity contribution in [1.82, 2.24) is 10.3 Å². The number of sulfone groups is 1. The molecule has 1 N–H and O–H groups in total. The monoisotopic (exact) mass is 473 g/mol. The van der Waals surface area contributed by atoms with E-state index in [-0.39, 0.29) is 40.4 Å². The maximum absolute atomic E-state index is 13.0. The lowest BCUT2D eigenvalue weighted by Gasteiger charge is -2.30. The van der Waals surface area contributed by atoms with Gasteiger partial charge in [0.15, 0.2) is 9.84 Å². The van der Waals surface area contributed by atoms with Crippen LogP contribution in [0.4, 0.5) is 0 Å². The number of thioether (sulfide) groups is 1. The van der Waals surface area contributed by atoms with Gasteiger partial charge in [-0.2, -0.15) is 5.26 Å². The standard InChI is InChI=1S/C23H27N3O4S2/c1-17(30-19-6-4-13-25-15-19)31-20-8-10-21(11-9-20)32(28,29)16-18-5-2-3-7-22(18)23(27)26-14-12-24/h4,6,8-11,13,15,17-18,22H,2-3,5,7,14,16H2,1H3,(H,26,27)/t17?,18-,22+/m1/s1. The molecule has 9 heteroatoms. The SMILES string of the molecule is CC(Oc1cccnc1)Sc1ccc(S(=O)(=O)C[C@H]2CCCC[C@@H]2C(=O)NCC#N)cc1. The van der Waals surface area contributed by atoms with Crippen LogP contribution in [0.2, 0.25) is 0 Å². The Morgan fingerprint density at radius 1 is 1.28 bits per heavy atom. The van der Waals surface area contributed by atoms with Crippen molar-refractivity contribution in [3.63, 3.8) is 0 Å². The van der Waals surface area contributed by atoms with Gasteiger partial charge in [0.1, 0.15) is 17.7 Å². The smallest absolute Gasteiger partial charge is 0.224 e. The van der Waals surface area contributed by atoms with Crippen molar-refractivity contribution in [3.8, 4) is 11.8 Å². The zero-order valence-corrected chi connectivity index (χ0v) is 19.6. The summed E-state index contributed by atoms with van der Waals surface area (Å²) in [6.45, 7) is 1.86. The first-order valence-corrected chi connectivity index (χ1v) is 13.1. The van der Waals surface area contributed by atoms with Crippen molar-refractivity contribution in [2.24, 2.45) is 11.8 Å². The van der Waals surface area contributed by atoms with E-state index in [1.165, 1.54) is 11.8 Å². The first-order chi connectivity index (χ1) is 15.4. The van der Waals surface area contributed by atoms with E-state index in [1.807, 2.05) is 19.1 Å². The number of benzene rings is 1. The van der Waals surface area contributed by atoms with E-state index in [0.29, 0.717) is 18.6 Å². The molecular weight excluding hydrogens is 446 g/mol. The second kappa shape index (κ2) is 11.3. The van der Waals surface area contributed by atoms with E-state index in [0.717, 1.165) is 17.7 Å². The summed E-state index contributed by atoms with van der Waals surface area (Å²) in [4.78, 5) is 17.6. The van der Waals surface area contributed by atoms with Crippen molar-refractivity contribution >= 4 is 27.5 Å². The van der Waals surface area contributed by atoms with Crippen molar-refractivity contribution < 1.29 is 17.9 Å². The van der Waals surface area contributed by atoms with Crippen LogP contribution in [0, 0.1) is 23.2 Å². The fourth-order valence-electron chi connectivity index (χ4n) is 3.94. The Labute approximate surface area is 193 Å². The number of rotatable bonds is 9. The molecule has 1 amide bonds. The van der Waals surface area contributed by atoms with Crippen LogP contribution >= 0.6 is 11.8 Å². The van der Waals surface area contributed by atoms with E-state index in [9.17, 15) is 13.2 Å². The summed E-state index contributed by atoms with van der Waals surface area (Å²) in [6, 6.07) is 12.3. The van der Waals surface area contributed by atoms with Gasteiger partial charge in [0.2, 0.25) is 5.91 Å². The van der Waals surface area contributed by atoms with Crippen LogP contribution in [0.1, 0.15) is 32.6 Å². The quantitative estimate of drug-likeness (QED) is 0.335. The average Bonchev–Trinajstić information content (AvgIpc) is 2.78. The topological polar surface area (TPSA) is 109 Å². The minimum absolute atomic E-state index is 0.0587. The summed E-state index contributed by atoms with van der Waals surface area (Å²) in [5.41, 5.74) is -0.170. The van der Waals surface area contributed by atoms with E-state index in [4.69, 9.17) is 10.00 Å². The van der Waals surface area contributed by atoms with E-state index in [1.54, 1.807) is 42.7 Å². The Balaban J connectivity index is 1.62. The van der Waals surface area contributed by atoms with Crippen LogP contribution in [0.5, 0.6) is 5.75 Å². The largest absolute Gasteiger partial charge is 0.478 e. The molecule has 170 valence electrons. The van der Waals surface area contributed by atoms with Crippen LogP contribution < -0.4 is 10.1 Å². The highest BCUT2D eigenvalue weighted by Gasteiger charge is 2.34. The number of carbonyl (C=O) groups is 1. The molecule has 2 aromatic rings. The molecule has 0 bridgehead atoms. The number of carbonyl (C=O) groups excluding carboxylic acids is 1. The number of aromatic nitrogens is 1. The number of nitrogens with one attached hydrogen (secondary N) is 1. The van der Waals surface area contributed by atoms with Crippen LogP contribution in [0.15, 0.2) is 58.6 Å². The number of hydrogen-bond acceptors (Lipinski definition) is 7. The van der Waals surface area contributed by atoms with Crippen LogP contribution in [0.25, 0.3) is 0 Å². The van der Waals surface area contributed by atoms with Gasteiger partial charge in [-0.3, -0.25) is 9.78 Å². The molecule has 1 aliphatic rings. The third-order valence-corrected chi connectivity index (χ3v) is 8.27. The van der Waals surface area contributed by atoms with Crippen molar-refractivity contribution in [2.75, 3.05) is 12.3 Å². The summed E-state index contributed by atoms with van der Waals surface area (Å²) in [5.74, 6) is -0.222. The number of nitrogens with zero attached hydrogens (tertiary/aromatic N) is 2. The number of nitriles is 1. The molecule has 1 saturated carbocycles. The van der Waals surface area contributed by atoms with Gasteiger partial charge in [0.25, 0.3) is 0 Å². The maximum atomic E-state index is 13.0. The Morgan fingerprint density at radius 2 is 2.03 bits per heavy atom. The fourth-order valence-corrected chi connectivity index (χ4v) is 6.48. The molecule has 1 fully saturated rings. The molecule has 0 aliphatic heterocycles. The number of ether oxygens (including phenoxy) is 1. The minimum Gasteiger partial charge on any atom is -0.478 e. The average molecular weight is 474 g/mol. The van der Waals surface area contributed by atoms with Gasteiger partial charge >= 0.3 is 0 Å². The van der Waals surface area contributed by atoms with Crippen LogP contribution in [-0.4, -0.2) is 37.0 Å². The van der Waals surface area contributed by atoms with Crippen molar-refractivity contribution in [3.05, 3.63) is 48.8 Å². The van der Waals surface area contributed by atoms with E-state index < -0.39 is 9.84 Å². The van der Waals surface area contributed by atoms with Gasteiger partial charge in [-0.05, 0) is 62.1 Å². The van der Waals surface area contributed by atoms with Gasteiger partial charge in [-0.1, -0.05) is 24.6 Å². The summed E-state index contributed by atoms with van der Waals surface area (Å²) in [5, 5.41) is 11.3. The molecule has 3 rings (SSSR count). The Hall–Kier alpha value is -2.57. The van der Waals surface area contributed by atoms with Crippen LogP contribution in [-0.2, 0) is 14.6 Å². The van der Waals surface area contributed by atoms with Gasteiger partial charge in [-0.25, -0.2) is 8.42 Å². The predicted molar refractivity (Wildman–Crippen MR) is 123 cm³/mol. The fraction of sp³-hybridized carbons (Fsp3) is 0.435. The third-order valence-electron chi connectivity index (χ3n) is 5.44. The van der Waals surface area contributed by atoms with Gasteiger partial charge in [0, 0.05) is 17.0 Å². The summed E-state index contributed by atoms with van der Waals surface area (Å²) >= 11 is 1.48.